The van der Waals surface area contributed by atoms with E-state index < -0.39 is 150 Å². The number of aromatic nitrogens is 9. The first-order chi connectivity index (χ1) is 55.5. The van der Waals surface area contributed by atoms with Crippen molar-refractivity contribution in [2.24, 2.45) is 24.8 Å². The number of rotatable bonds is 26. The number of methoxy groups -OCH3 is 5. The van der Waals surface area contributed by atoms with Crippen molar-refractivity contribution < 1.29 is 147 Å². The van der Waals surface area contributed by atoms with Gasteiger partial charge in [-0.2, -0.15) is 67.2 Å². The van der Waals surface area contributed by atoms with Crippen LogP contribution in [0.15, 0.2) is 105 Å². The van der Waals surface area contributed by atoms with Gasteiger partial charge >= 0.3 is 36.4 Å². The first kappa shape index (κ1) is 92.0. The fourth-order valence-corrected chi connectivity index (χ4v) is 13.2. The number of nitrogens with one attached hydrogen (secondary N) is 1. The number of alkyl halides is 12. The van der Waals surface area contributed by atoms with Crippen LogP contribution in [0.3, 0.4) is 0 Å². The van der Waals surface area contributed by atoms with Crippen molar-refractivity contribution >= 4 is 74.0 Å². The number of Topliss-reactive ketones (excluding diaryl/α,β-unsaturated/α-hetero) is 5. The molecule has 636 valence electrons. The first-order valence-electron chi connectivity index (χ1n) is 34.4. The van der Waals surface area contributed by atoms with Crippen LogP contribution in [-0.2, 0) is 103 Å². The molecule has 118 heavy (non-hydrogen) atoms. The average molecular weight is 1720 g/mol. The molecule has 0 saturated heterocycles. The molecule has 2 aromatic carbocycles. The number of ketones is 5. The number of fused-ring (bicyclic) bond motifs is 3. The number of nitrogens with zero attached hydrogens (tertiary/aromatic N) is 9. The van der Waals surface area contributed by atoms with Crippen LogP contribution in [0.5, 0.6) is 35.0 Å². The van der Waals surface area contributed by atoms with Crippen molar-refractivity contribution in [3.63, 3.8) is 0 Å². The van der Waals surface area contributed by atoms with Crippen LogP contribution in [0, 0.1) is 23.6 Å². The van der Waals surface area contributed by atoms with E-state index >= 15 is 0 Å². The topological polar surface area (TPSA) is 387 Å². The van der Waals surface area contributed by atoms with E-state index in [-0.39, 0.29) is 154 Å². The van der Waals surface area contributed by atoms with Crippen LogP contribution in [0.25, 0.3) is 17.2 Å². The van der Waals surface area contributed by atoms with Crippen LogP contribution in [0.2, 0.25) is 5.02 Å². The number of hydrogen-bond acceptors (Lipinski definition) is 27. The quantitative estimate of drug-likeness (QED) is 0.00743. The lowest BCUT2D eigenvalue weighted by molar-refractivity contribution is -0.146. The highest BCUT2D eigenvalue weighted by Crippen LogP contribution is 2.44. The number of esters is 1. The van der Waals surface area contributed by atoms with Crippen molar-refractivity contribution in [1.82, 2.24) is 43.7 Å². The fourth-order valence-electron chi connectivity index (χ4n) is 11.7. The van der Waals surface area contributed by atoms with E-state index in [1.807, 2.05) is 4.72 Å². The minimum Gasteiger partial charge on any atom is -0.506 e. The Morgan fingerprint density at radius 3 is 1.91 bits per heavy atom. The van der Waals surface area contributed by atoms with Gasteiger partial charge in [-0.1, -0.05) is 17.7 Å². The van der Waals surface area contributed by atoms with Crippen molar-refractivity contribution in [2.45, 2.75) is 88.3 Å². The summed E-state index contributed by atoms with van der Waals surface area (Å²) in [6.07, 6.45) is -14.9. The second-order valence-electron chi connectivity index (χ2n) is 25.0. The maximum atomic E-state index is 14.7. The zero-order chi connectivity index (χ0) is 87.1. The molecule has 0 amide bonds. The van der Waals surface area contributed by atoms with Gasteiger partial charge in [-0.3, -0.25) is 33.3 Å². The predicted molar refractivity (Wildman–Crippen MR) is 380 cm³/mol. The molecule has 3 fully saturated rings. The van der Waals surface area contributed by atoms with E-state index in [4.69, 9.17) is 59.0 Å². The maximum Gasteiger partial charge on any atom is 0.433 e. The van der Waals surface area contributed by atoms with E-state index in [1.54, 1.807) is 6.92 Å². The Balaban J connectivity index is 0.000000197. The van der Waals surface area contributed by atoms with Crippen molar-refractivity contribution in [3.8, 4) is 40.7 Å². The number of ether oxygens (including phenoxy) is 10. The highest BCUT2D eigenvalue weighted by Gasteiger charge is 2.47. The van der Waals surface area contributed by atoms with E-state index in [9.17, 15) is 109 Å². The minimum absolute atomic E-state index is 0.00731. The number of sulfonamides is 1. The van der Waals surface area contributed by atoms with Gasteiger partial charge in [-0.15, -0.1) is 5.10 Å². The lowest BCUT2D eigenvalue weighted by atomic mass is 9.80. The highest BCUT2D eigenvalue weighted by molar-refractivity contribution is 7.92. The largest absolute Gasteiger partial charge is 0.506 e. The summed E-state index contributed by atoms with van der Waals surface area (Å²) in [4.78, 5) is 116. The van der Waals surface area contributed by atoms with Gasteiger partial charge in [-0.25, -0.2) is 46.6 Å². The van der Waals surface area contributed by atoms with Gasteiger partial charge in [-0.05, 0) is 86.7 Å². The molecule has 3 aliphatic carbocycles. The molecule has 2 atom stereocenters. The molecule has 0 radical (unpaired) electrons. The summed E-state index contributed by atoms with van der Waals surface area (Å²) in [6, 6.07) is 10.7. The summed E-state index contributed by atoms with van der Waals surface area (Å²) in [7, 11) is 2.48. The minimum atomic E-state index is -4.99. The summed E-state index contributed by atoms with van der Waals surface area (Å²) >= 11 is 6.04. The standard InChI is InChI=1S/C21H16ClF4N3O6.C19H20F3NO5.C18H19F3O5.C14H13F3N6O5S/c1-3-33-18(31)10-34-19-14(5-4-6-27-19)35-15-8-13(12(23)7-11(15)22)29-17(30)9-16(21(24,25)26)28(2)20(29)32;1-27-6-7-28-9-13-12(4-5-14(23-13)19(20,21)22)18(26)15-16(24)10-2-3-11(8-10)17(15)25;1-25-7-8-26-10-11-9-12(18(19,20)21)5-6-13(11)17(24)16-14(22)3-2-4-15(16)23;1-26-8-6-9(27-2)23-13(19-8)20-12(21-23)22-29(24,25)10-7(14(15,16)17)4-5-18-11(10)28-3/h4-9H,3,10H2,1-2H3;4-5,10-11,26H,2-3,6-9H2,1H3;5-6,9,16H,2-4,7-8,10H2,1H3;4-6H,1-3H3,(H,21,22). The molecule has 0 spiro atoms. The third kappa shape index (κ3) is 22.4. The first-order valence-corrected chi connectivity index (χ1v) is 36.2. The zero-order valence-corrected chi connectivity index (χ0v) is 64.1. The molecule has 3 aliphatic rings. The molecule has 11 rings (SSSR count). The van der Waals surface area contributed by atoms with Crippen molar-refractivity contribution in [3.05, 3.63) is 167 Å². The monoisotopic (exact) mass is 1720 g/mol. The van der Waals surface area contributed by atoms with Crippen molar-refractivity contribution in [1.29, 1.82) is 0 Å². The molecule has 31 nitrogen and oxygen atoms in total. The van der Waals surface area contributed by atoms with Gasteiger partial charge < -0.3 is 52.5 Å². The van der Waals surface area contributed by atoms with Gasteiger partial charge in [0.25, 0.3) is 33.2 Å². The number of carbonyl (C=O) groups excluding carboxylic acids is 6. The van der Waals surface area contributed by atoms with Crippen LogP contribution in [0.4, 0.5) is 63.0 Å². The normalized spacial score (nSPS) is 15.1. The van der Waals surface area contributed by atoms with Gasteiger partial charge in [0, 0.05) is 81.6 Å². The number of aliphatic hydroxyl groups excluding tert-OH is 1. The highest BCUT2D eigenvalue weighted by atomic mass is 35.5. The SMILES string of the molecule is CCOC(=O)COc1ncccc1Oc1cc(-n2c(=O)cc(C(F)(F)F)n(C)c2=O)c(F)cc1Cl.COCCOCc1cc(C(F)(F)F)ccc1C(=O)C1C(=O)CCCC1=O.COCCOCc1nc(C(F)(F)F)ccc1C(O)=C1C(=O)C2CCC(C2)C1=O.COc1cc(OC)n2nc(NS(=O)(=O)c3c(C(F)(F)F)ccnc3OC)nc2n1. The Labute approximate surface area is 662 Å². The molecule has 3 saturated carbocycles. The summed E-state index contributed by atoms with van der Waals surface area (Å²) in [5.41, 5.74) is -9.37. The molecular weight excluding hydrogens is 1660 g/mol. The molecule has 46 heteroatoms. The molecule has 8 aromatic rings. The Morgan fingerprint density at radius 2 is 1.32 bits per heavy atom. The van der Waals surface area contributed by atoms with Crippen LogP contribution >= 0.6 is 11.6 Å². The fraction of sp³-hybridized carbons (Fsp3) is 0.389. The molecule has 0 aliphatic heterocycles. The molecule has 2 unspecified atom stereocenters. The molecular formula is C72H68ClF13N10O21S. The smallest absolute Gasteiger partial charge is 0.433 e. The Kier molecular flexibility index (Phi) is 30.5. The Bertz CT molecular complexity index is 5310. The number of anilines is 1. The number of pyridine rings is 3. The molecule has 2 N–H and O–H groups in total. The third-order valence-corrected chi connectivity index (χ3v) is 18.9. The second kappa shape index (κ2) is 39.1. The molecule has 2 bridgehead atoms. The Hall–Kier alpha value is -11.6. The summed E-state index contributed by atoms with van der Waals surface area (Å²) in [6.45, 7) is 1.33. The number of carbonyl (C=O) groups is 6. The molecule has 6 aromatic heterocycles. The van der Waals surface area contributed by atoms with E-state index in [2.05, 4.69) is 30.0 Å². The Morgan fingerprint density at radius 1 is 0.686 bits per heavy atom. The number of allylic oxidation sites excluding steroid dienone is 1. The van der Waals surface area contributed by atoms with E-state index in [0.29, 0.717) is 43.9 Å². The number of aliphatic hydroxyl groups is 1. The van der Waals surface area contributed by atoms with E-state index in [0.717, 1.165) is 55.2 Å². The van der Waals surface area contributed by atoms with Crippen LogP contribution < -0.4 is 39.7 Å². The summed E-state index contributed by atoms with van der Waals surface area (Å²) < 4.78 is 251. The van der Waals surface area contributed by atoms with Crippen LogP contribution in [-0.4, -0.2) is 167 Å². The second-order valence-corrected chi connectivity index (χ2v) is 27.0. The van der Waals surface area contributed by atoms with Crippen molar-refractivity contribution in [2.75, 3.05) is 79.9 Å². The lowest BCUT2D eigenvalue weighted by Gasteiger charge is -2.21. The number of benzene rings is 2. The maximum absolute atomic E-state index is 14.7. The van der Waals surface area contributed by atoms with Gasteiger partial charge in [0.05, 0.1) is 101 Å². The number of halogens is 14. The van der Waals surface area contributed by atoms with Gasteiger partial charge in [0.15, 0.2) is 46.2 Å². The lowest BCUT2D eigenvalue weighted by Crippen LogP contribution is -2.41. The van der Waals surface area contributed by atoms with Crippen LogP contribution in [0.1, 0.15) is 95.1 Å². The van der Waals surface area contributed by atoms with E-state index in [1.165, 1.54) is 52.8 Å². The predicted octanol–water partition coefficient (Wildman–Crippen LogP) is 10.9. The summed E-state index contributed by atoms with van der Waals surface area (Å²) in [5, 5.41) is 14.2. The number of hydrogen-bond donors (Lipinski definition) is 2. The average Bonchev–Trinajstić information content (AvgIpc) is 1.51. The zero-order valence-electron chi connectivity index (χ0n) is 62.6. The summed E-state index contributed by atoms with van der Waals surface area (Å²) in [5.74, 6) is -8.97. The van der Waals surface area contributed by atoms with Gasteiger partial charge in [0.2, 0.25) is 17.6 Å². The third-order valence-electron chi connectivity index (χ3n) is 17.2. The molecule has 6 heterocycles. The van der Waals surface area contributed by atoms with Gasteiger partial charge in [0.1, 0.15) is 40.2 Å².